The standard InChI is InChI=1S/C17H18FNO4/c1-21-12-7-8-15(22-2)13(11-12)17(20)19-9-10-23-16-6-4-3-5-14(16)18/h3-8,11H,9-10H2,1-2H3,(H,19,20). The van der Waals surface area contributed by atoms with Gasteiger partial charge >= 0.3 is 0 Å². The molecule has 5 nitrogen and oxygen atoms in total. The van der Waals surface area contributed by atoms with E-state index in [-0.39, 0.29) is 24.8 Å². The largest absolute Gasteiger partial charge is 0.497 e. The Morgan fingerprint density at radius 3 is 2.57 bits per heavy atom. The maximum absolute atomic E-state index is 13.4. The van der Waals surface area contributed by atoms with Crippen LogP contribution >= 0.6 is 0 Å². The zero-order valence-electron chi connectivity index (χ0n) is 13.0. The van der Waals surface area contributed by atoms with E-state index < -0.39 is 5.82 Å². The van der Waals surface area contributed by atoms with E-state index in [1.807, 2.05) is 0 Å². The first-order valence-electron chi connectivity index (χ1n) is 7.03. The van der Waals surface area contributed by atoms with Gasteiger partial charge in [0.25, 0.3) is 5.91 Å². The molecular formula is C17H18FNO4. The van der Waals surface area contributed by atoms with Crippen molar-refractivity contribution in [1.29, 1.82) is 0 Å². The van der Waals surface area contributed by atoms with Gasteiger partial charge in [0.1, 0.15) is 18.1 Å². The van der Waals surface area contributed by atoms with Crippen molar-refractivity contribution in [1.82, 2.24) is 5.32 Å². The van der Waals surface area contributed by atoms with Gasteiger partial charge in [-0.2, -0.15) is 0 Å². The van der Waals surface area contributed by atoms with Crippen LogP contribution < -0.4 is 19.5 Å². The molecule has 2 aromatic rings. The number of methoxy groups -OCH3 is 2. The molecule has 2 aromatic carbocycles. The maximum Gasteiger partial charge on any atom is 0.255 e. The van der Waals surface area contributed by atoms with Crippen LogP contribution in [0.5, 0.6) is 17.2 Å². The monoisotopic (exact) mass is 319 g/mol. The Hall–Kier alpha value is -2.76. The lowest BCUT2D eigenvalue weighted by Crippen LogP contribution is -2.28. The number of para-hydroxylation sites is 1. The Kier molecular flexibility index (Phi) is 5.80. The lowest BCUT2D eigenvalue weighted by atomic mass is 10.1. The van der Waals surface area contributed by atoms with Gasteiger partial charge in [-0.05, 0) is 30.3 Å². The Bertz CT molecular complexity index is 675. The predicted molar refractivity (Wildman–Crippen MR) is 83.8 cm³/mol. The highest BCUT2D eigenvalue weighted by Crippen LogP contribution is 2.23. The number of ether oxygens (including phenoxy) is 3. The van der Waals surface area contributed by atoms with Crippen LogP contribution in [0.25, 0.3) is 0 Å². The molecule has 0 spiro atoms. The number of amides is 1. The first kappa shape index (κ1) is 16.6. The van der Waals surface area contributed by atoms with Crippen molar-refractivity contribution in [2.75, 3.05) is 27.4 Å². The van der Waals surface area contributed by atoms with E-state index in [2.05, 4.69) is 5.32 Å². The summed E-state index contributed by atoms with van der Waals surface area (Å²) in [7, 11) is 3.01. The highest BCUT2D eigenvalue weighted by molar-refractivity contribution is 5.97. The van der Waals surface area contributed by atoms with Gasteiger partial charge in [-0.25, -0.2) is 4.39 Å². The van der Waals surface area contributed by atoms with Crippen molar-refractivity contribution in [3.63, 3.8) is 0 Å². The van der Waals surface area contributed by atoms with Gasteiger partial charge < -0.3 is 19.5 Å². The van der Waals surface area contributed by atoms with Crippen LogP contribution in [0.4, 0.5) is 4.39 Å². The molecule has 0 heterocycles. The minimum Gasteiger partial charge on any atom is -0.497 e. The van der Waals surface area contributed by atoms with Crippen LogP contribution in [0.15, 0.2) is 42.5 Å². The van der Waals surface area contributed by atoms with Crippen molar-refractivity contribution >= 4 is 5.91 Å². The molecule has 2 rings (SSSR count). The second-order valence-electron chi connectivity index (χ2n) is 4.60. The Morgan fingerprint density at radius 1 is 1.09 bits per heavy atom. The zero-order valence-corrected chi connectivity index (χ0v) is 13.0. The van der Waals surface area contributed by atoms with E-state index in [1.54, 1.807) is 30.3 Å². The number of carbonyl (C=O) groups is 1. The van der Waals surface area contributed by atoms with Gasteiger partial charge in [0.05, 0.1) is 26.3 Å². The first-order chi connectivity index (χ1) is 11.2. The third kappa shape index (κ3) is 4.35. The van der Waals surface area contributed by atoms with Crippen molar-refractivity contribution in [2.45, 2.75) is 0 Å². The van der Waals surface area contributed by atoms with Gasteiger partial charge in [-0.1, -0.05) is 12.1 Å². The molecule has 1 amide bonds. The summed E-state index contributed by atoms with van der Waals surface area (Å²) in [5.74, 6) is 0.392. The van der Waals surface area contributed by atoms with Crippen molar-refractivity contribution < 1.29 is 23.4 Å². The van der Waals surface area contributed by atoms with E-state index >= 15 is 0 Å². The smallest absolute Gasteiger partial charge is 0.255 e. The van der Waals surface area contributed by atoms with Gasteiger partial charge in [0.2, 0.25) is 0 Å². The van der Waals surface area contributed by atoms with Crippen LogP contribution in [0.3, 0.4) is 0 Å². The molecule has 0 unspecified atom stereocenters. The molecule has 0 aliphatic carbocycles. The molecule has 1 N–H and O–H groups in total. The minimum absolute atomic E-state index is 0.152. The van der Waals surface area contributed by atoms with E-state index in [0.29, 0.717) is 17.1 Å². The van der Waals surface area contributed by atoms with E-state index in [4.69, 9.17) is 14.2 Å². The van der Waals surface area contributed by atoms with Crippen LogP contribution in [0.2, 0.25) is 0 Å². The molecule has 6 heteroatoms. The molecule has 0 radical (unpaired) electrons. The lowest BCUT2D eigenvalue weighted by Gasteiger charge is -2.11. The van der Waals surface area contributed by atoms with Crippen LogP contribution in [-0.4, -0.2) is 33.3 Å². The first-order valence-corrected chi connectivity index (χ1v) is 7.03. The number of carbonyl (C=O) groups excluding carboxylic acids is 1. The Balaban J connectivity index is 1.91. The third-order valence-electron chi connectivity index (χ3n) is 3.13. The van der Waals surface area contributed by atoms with Crippen LogP contribution in [0, 0.1) is 5.82 Å². The quantitative estimate of drug-likeness (QED) is 0.797. The molecule has 0 saturated heterocycles. The molecule has 0 saturated carbocycles. The Labute approximate surface area is 134 Å². The number of hydrogen-bond donors (Lipinski definition) is 1. The van der Waals surface area contributed by atoms with Crippen molar-refractivity contribution in [3.8, 4) is 17.2 Å². The number of nitrogens with one attached hydrogen (secondary N) is 1. The van der Waals surface area contributed by atoms with E-state index in [9.17, 15) is 9.18 Å². The summed E-state index contributed by atoms with van der Waals surface area (Å²) < 4.78 is 28.9. The molecule has 23 heavy (non-hydrogen) atoms. The average molecular weight is 319 g/mol. The molecule has 0 aliphatic rings. The second-order valence-corrected chi connectivity index (χ2v) is 4.60. The molecule has 0 atom stereocenters. The summed E-state index contributed by atoms with van der Waals surface area (Å²) >= 11 is 0. The van der Waals surface area contributed by atoms with Crippen LogP contribution in [-0.2, 0) is 0 Å². The summed E-state index contributed by atoms with van der Waals surface area (Å²) in [6.45, 7) is 0.381. The van der Waals surface area contributed by atoms with Crippen molar-refractivity contribution in [3.05, 3.63) is 53.8 Å². The Morgan fingerprint density at radius 2 is 1.87 bits per heavy atom. The fraction of sp³-hybridized carbons (Fsp3) is 0.235. The average Bonchev–Trinajstić information content (AvgIpc) is 2.59. The lowest BCUT2D eigenvalue weighted by molar-refractivity contribution is 0.0943. The summed E-state index contributed by atoms with van der Waals surface area (Å²) in [6.07, 6.45) is 0. The minimum atomic E-state index is -0.437. The normalized spacial score (nSPS) is 10.0. The van der Waals surface area contributed by atoms with Gasteiger partial charge in [-0.15, -0.1) is 0 Å². The highest BCUT2D eigenvalue weighted by Gasteiger charge is 2.13. The molecule has 0 aliphatic heterocycles. The number of halogens is 1. The maximum atomic E-state index is 13.4. The molecule has 0 aromatic heterocycles. The number of benzene rings is 2. The highest BCUT2D eigenvalue weighted by atomic mass is 19.1. The van der Waals surface area contributed by atoms with Crippen LogP contribution in [0.1, 0.15) is 10.4 Å². The summed E-state index contributed by atoms with van der Waals surface area (Å²) in [4.78, 5) is 12.2. The SMILES string of the molecule is COc1ccc(OC)c(C(=O)NCCOc2ccccc2F)c1. The molecular weight excluding hydrogens is 301 g/mol. The van der Waals surface area contributed by atoms with E-state index in [1.165, 1.54) is 26.4 Å². The molecule has 0 bridgehead atoms. The topological polar surface area (TPSA) is 56.8 Å². The van der Waals surface area contributed by atoms with E-state index in [0.717, 1.165) is 0 Å². The summed E-state index contributed by atoms with van der Waals surface area (Å²) in [5, 5.41) is 2.69. The van der Waals surface area contributed by atoms with Crippen molar-refractivity contribution in [2.24, 2.45) is 0 Å². The van der Waals surface area contributed by atoms with Gasteiger partial charge in [-0.3, -0.25) is 4.79 Å². The second kappa shape index (κ2) is 8.03. The fourth-order valence-electron chi connectivity index (χ4n) is 1.97. The third-order valence-corrected chi connectivity index (χ3v) is 3.13. The van der Waals surface area contributed by atoms with Gasteiger partial charge in [0.15, 0.2) is 11.6 Å². The summed E-state index contributed by atoms with van der Waals surface area (Å²) in [5.41, 5.74) is 0.359. The predicted octanol–water partition coefficient (Wildman–Crippen LogP) is 2.65. The zero-order chi connectivity index (χ0) is 16.7. The van der Waals surface area contributed by atoms with Gasteiger partial charge in [0, 0.05) is 0 Å². The molecule has 0 fully saturated rings. The molecule has 122 valence electrons. The number of hydrogen-bond acceptors (Lipinski definition) is 4. The number of rotatable bonds is 7. The summed E-state index contributed by atoms with van der Waals surface area (Å²) in [6, 6.07) is 11.1. The fourth-order valence-corrected chi connectivity index (χ4v) is 1.97.